The molecule has 0 spiro atoms. The molecule has 0 fully saturated rings. The SMILES string of the molecule is CC1=C(c2ccc(Cl)cc2)N(c2ccccc2-c2ncc(C)s2)CS1. The lowest BCUT2D eigenvalue weighted by molar-refractivity contribution is 1.19. The molecular weight excluding hydrogens is 368 g/mol. The Kier molecular flexibility index (Phi) is 4.59. The summed E-state index contributed by atoms with van der Waals surface area (Å²) in [6, 6.07) is 16.6. The molecule has 0 atom stereocenters. The number of aromatic nitrogens is 1. The van der Waals surface area contributed by atoms with Crippen molar-refractivity contribution >= 4 is 46.1 Å². The summed E-state index contributed by atoms with van der Waals surface area (Å²) in [4.78, 5) is 9.54. The van der Waals surface area contributed by atoms with Crippen molar-refractivity contribution < 1.29 is 0 Å². The highest BCUT2D eigenvalue weighted by Crippen LogP contribution is 2.44. The largest absolute Gasteiger partial charge is 0.330 e. The molecule has 5 heteroatoms. The van der Waals surface area contributed by atoms with Crippen LogP contribution in [0.1, 0.15) is 17.4 Å². The summed E-state index contributed by atoms with van der Waals surface area (Å²) >= 11 is 9.68. The lowest BCUT2D eigenvalue weighted by atomic mass is 10.1. The minimum Gasteiger partial charge on any atom is -0.330 e. The van der Waals surface area contributed by atoms with E-state index in [-0.39, 0.29) is 0 Å². The Morgan fingerprint density at radius 3 is 2.52 bits per heavy atom. The summed E-state index contributed by atoms with van der Waals surface area (Å²) in [6.45, 7) is 4.28. The Morgan fingerprint density at radius 2 is 1.80 bits per heavy atom. The summed E-state index contributed by atoms with van der Waals surface area (Å²) in [7, 11) is 0. The van der Waals surface area contributed by atoms with Crippen LogP contribution in [0.5, 0.6) is 0 Å². The highest BCUT2D eigenvalue weighted by atomic mass is 35.5. The molecule has 0 saturated heterocycles. The molecule has 0 amide bonds. The average Bonchev–Trinajstić information content (AvgIpc) is 3.22. The van der Waals surface area contributed by atoms with Gasteiger partial charge in [0.1, 0.15) is 5.01 Å². The van der Waals surface area contributed by atoms with Crippen molar-refractivity contribution in [3.8, 4) is 10.6 Å². The van der Waals surface area contributed by atoms with Crippen LogP contribution >= 0.6 is 34.7 Å². The molecule has 2 heterocycles. The van der Waals surface area contributed by atoms with Crippen LogP contribution < -0.4 is 4.90 Å². The van der Waals surface area contributed by atoms with E-state index in [1.54, 1.807) is 11.3 Å². The molecule has 25 heavy (non-hydrogen) atoms. The van der Waals surface area contributed by atoms with E-state index < -0.39 is 0 Å². The van der Waals surface area contributed by atoms with Gasteiger partial charge in [0.15, 0.2) is 0 Å². The molecule has 2 nitrogen and oxygen atoms in total. The fourth-order valence-electron chi connectivity index (χ4n) is 3.01. The Morgan fingerprint density at radius 1 is 1.04 bits per heavy atom. The standard InChI is InChI=1S/C20H17ClN2S2/c1-13-11-22-20(25-13)17-5-3-4-6-18(17)23-12-24-14(2)19(23)15-7-9-16(21)10-8-15/h3-11H,12H2,1-2H3. The summed E-state index contributed by atoms with van der Waals surface area (Å²) in [5.74, 6) is 0.908. The summed E-state index contributed by atoms with van der Waals surface area (Å²) in [6.07, 6.45) is 1.94. The van der Waals surface area contributed by atoms with Crippen molar-refractivity contribution in [3.63, 3.8) is 0 Å². The van der Waals surface area contributed by atoms with Crippen LogP contribution in [0, 0.1) is 6.92 Å². The van der Waals surface area contributed by atoms with Crippen LogP contribution in [0.4, 0.5) is 5.69 Å². The number of hydrogen-bond donors (Lipinski definition) is 0. The first-order valence-corrected chi connectivity index (χ1v) is 10.2. The smallest absolute Gasteiger partial charge is 0.125 e. The maximum Gasteiger partial charge on any atom is 0.125 e. The molecule has 0 aliphatic carbocycles. The summed E-state index contributed by atoms with van der Waals surface area (Å²) in [5.41, 5.74) is 4.83. The van der Waals surface area contributed by atoms with E-state index in [1.807, 2.05) is 30.1 Å². The van der Waals surface area contributed by atoms with Gasteiger partial charge >= 0.3 is 0 Å². The quantitative estimate of drug-likeness (QED) is 0.501. The van der Waals surface area contributed by atoms with E-state index in [4.69, 9.17) is 11.6 Å². The van der Waals surface area contributed by atoms with Crippen molar-refractivity contribution in [2.75, 3.05) is 10.8 Å². The van der Waals surface area contributed by atoms with Crippen LogP contribution in [0.2, 0.25) is 5.02 Å². The first kappa shape index (κ1) is 16.7. The number of rotatable bonds is 3. The average molecular weight is 385 g/mol. The van der Waals surface area contributed by atoms with E-state index >= 15 is 0 Å². The molecule has 3 aromatic rings. The van der Waals surface area contributed by atoms with Crippen LogP contribution in [0.15, 0.2) is 59.6 Å². The van der Waals surface area contributed by atoms with Crippen LogP contribution in [-0.2, 0) is 0 Å². The van der Waals surface area contributed by atoms with Gasteiger partial charge in [-0.15, -0.1) is 23.1 Å². The van der Waals surface area contributed by atoms with Crippen molar-refractivity contribution in [1.82, 2.24) is 4.98 Å². The van der Waals surface area contributed by atoms with Gasteiger partial charge in [0.05, 0.1) is 17.3 Å². The highest BCUT2D eigenvalue weighted by Gasteiger charge is 2.25. The number of hydrogen-bond acceptors (Lipinski definition) is 4. The molecule has 1 aliphatic rings. The van der Waals surface area contributed by atoms with Gasteiger partial charge in [0, 0.05) is 26.6 Å². The maximum absolute atomic E-state index is 6.07. The fourth-order valence-corrected chi connectivity index (χ4v) is 4.89. The predicted molar refractivity (Wildman–Crippen MR) is 111 cm³/mol. The Bertz CT molecular complexity index is 944. The number of anilines is 1. The van der Waals surface area contributed by atoms with E-state index in [0.29, 0.717) is 0 Å². The number of para-hydroxylation sites is 1. The summed E-state index contributed by atoms with van der Waals surface area (Å²) in [5, 5.41) is 1.83. The Labute approximate surface area is 161 Å². The molecule has 1 aliphatic heterocycles. The molecule has 1 aromatic heterocycles. The fraction of sp³-hybridized carbons (Fsp3) is 0.150. The Hall–Kier alpha value is -1.75. The highest BCUT2D eigenvalue weighted by molar-refractivity contribution is 8.03. The number of nitrogens with zero attached hydrogens (tertiary/aromatic N) is 2. The minimum atomic E-state index is 0.762. The zero-order valence-corrected chi connectivity index (χ0v) is 16.4. The minimum absolute atomic E-state index is 0.762. The predicted octanol–water partition coefficient (Wildman–Crippen LogP) is 6.67. The molecule has 0 bridgehead atoms. The maximum atomic E-state index is 6.07. The first-order valence-electron chi connectivity index (χ1n) is 8.02. The third-order valence-corrected chi connectivity index (χ3v) is 6.39. The number of halogens is 1. The number of thioether (sulfide) groups is 1. The second kappa shape index (κ2) is 6.87. The zero-order valence-electron chi connectivity index (χ0n) is 14.0. The van der Waals surface area contributed by atoms with Gasteiger partial charge in [-0.1, -0.05) is 35.9 Å². The molecule has 0 N–H and O–H groups in total. The summed E-state index contributed by atoms with van der Waals surface area (Å²) < 4.78 is 0. The van der Waals surface area contributed by atoms with Crippen LogP contribution in [-0.4, -0.2) is 10.9 Å². The third kappa shape index (κ3) is 3.22. The normalized spacial score (nSPS) is 14.4. The van der Waals surface area contributed by atoms with Crippen molar-refractivity contribution in [1.29, 1.82) is 0 Å². The molecule has 4 rings (SSSR count). The third-order valence-electron chi connectivity index (χ3n) is 4.18. The second-order valence-corrected chi connectivity index (χ2v) is 8.74. The number of allylic oxidation sites excluding steroid dienone is 1. The number of thiazole rings is 1. The van der Waals surface area contributed by atoms with Crippen molar-refractivity contribution in [3.05, 3.63) is 75.1 Å². The Balaban J connectivity index is 1.81. The van der Waals surface area contributed by atoms with Crippen molar-refractivity contribution in [2.45, 2.75) is 13.8 Å². The van der Waals surface area contributed by atoms with Gasteiger partial charge in [0.2, 0.25) is 0 Å². The van der Waals surface area contributed by atoms with Crippen LogP contribution in [0.3, 0.4) is 0 Å². The monoisotopic (exact) mass is 384 g/mol. The van der Waals surface area contributed by atoms with Gasteiger partial charge < -0.3 is 4.90 Å². The molecule has 0 unspecified atom stereocenters. The number of benzene rings is 2. The van der Waals surface area contributed by atoms with Crippen LogP contribution in [0.25, 0.3) is 16.3 Å². The molecule has 0 saturated carbocycles. The first-order chi connectivity index (χ1) is 12.1. The van der Waals surface area contributed by atoms with E-state index in [1.165, 1.54) is 32.3 Å². The zero-order chi connectivity index (χ0) is 17.4. The van der Waals surface area contributed by atoms with Gasteiger partial charge in [-0.2, -0.15) is 0 Å². The van der Waals surface area contributed by atoms with E-state index in [9.17, 15) is 0 Å². The number of aryl methyl sites for hydroxylation is 1. The van der Waals surface area contributed by atoms with E-state index in [2.05, 4.69) is 60.1 Å². The van der Waals surface area contributed by atoms with Crippen molar-refractivity contribution in [2.24, 2.45) is 0 Å². The van der Waals surface area contributed by atoms with Gasteiger partial charge in [0.25, 0.3) is 0 Å². The lowest BCUT2D eigenvalue weighted by Crippen LogP contribution is -2.17. The lowest BCUT2D eigenvalue weighted by Gasteiger charge is -2.24. The van der Waals surface area contributed by atoms with Gasteiger partial charge in [-0.25, -0.2) is 4.98 Å². The molecule has 2 aromatic carbocycles. The van der Waals surface area contributed by atoms with Gasteiger partial charge in [-0.05, 0) is 43.7 Å². The molecular formula is C20H17ClN2S2. The van der Waals surface area contributed by atoms with Gasteiger partial charge in [-0.3, -0.25) is 0 Å². The second-order valence-electron chi connectivity index (χ2n) is 5.91. The topological polar surface area (TPSA) is 16.1 Å². The molecule has 0 radical (unpaired) electrons. The molecule has 126 valence electrons. The van der Waals surface area contributed by atoms with E-state index in [0.717, 1.165) is 15.9 Å².